The number of carbonyl (C=O) groups excluding carboxylic acids is 1. The molecule has 8 heteroatoms. The van der Waals surface area contributed by atoms with Crippen LogP contribution in [0.2, 0.25) is 0 Å². The molecule has 0 atom stereocenters. The third-order valence-corrected chi connectivity index (χ3v) is 4.25. The second-order valence-corrected chi connectivity index (χ2v) is 5.98. The molecule has 3 aromatic heterocycles. The second-order valence-electron chi connectivity index (χ2n) is 5.98. The molecule has 1 aromatic carbocycles. The van der Waals surface area contributed by atoms with E-state index in [1.165, 1.54) is 6.33 Å². The Morgan fingerprint density at radius 3 is 3.04 bits per heavy atom. The molecule has 4 rings (SSSR count). The Bertz CT molecular complexity index is 1070. The topological polar surface area (TPSA) is 112 Å². The maximum atomic E-state index is 12.1. The molecule has 3 N–H and O–H groups in total. The van der Waals surface area contributed by atoms with Crippen molar-refractivity contribution in [2.45, 2.75) is 19.4 Å². The Hall–Kier alpha value is -3.42. The number of nitrogens with zero attached hydrogens (tertiary/aromatic N) is 4. The number of aryl methyl sites for hydroxylation is 1. The molecule has 0 aliphatic heterocycles. The van der Waals surface area contributed by atoms with Crippen LogP contribution in [-0.4, -0.2) is 37.1 Å². The minimum absolute atomic E-state index is 0.239. The molecule has 0 unspecified atom stereocenters. The molecule has 0 saturated carbocycles. The number of fused-ring (bicyclic) bond motifs is 2. The van der Waals surface area contributed by atoms with Gasteiger partial charge in [0.1, 0.15) is 11.8 Å². The maximum absolute atomic E-state index is 12.1. The summed E-state index contributed by atoms with van der Waals surface area (Å²) in [6, 6.07) is 7.89. The predicted molar refractivity (Wildman–Crippen MR) is 97.3 cm³/mol. The van der Waals surface area contributed by atoms with Crippen molar-refractivity contribution in [3.8, 4) is 0 Å². The van der Waals surface area contributed by atoms with E-state index in [-0.39, 0.29) is 12.4 Å². The molecule has 0 saturated heterocycles. The maximum Gasteiger partial charge on any atom is 0.310 e. The van der Waals surface area contributed by atoms with Crippen molar-refractivity contribution in [1.29, 1.82) is 0 Å². The van der Waals surface area contributed by atoms with E-state index >= 15 is 0 Å². The molecule has 0 radical (unpaired) electrons. The van der Waals surface area contributed by atoms with Crippen molar-refractivity contribution in [2.75, 3.05) is 12.3 Å². The Balaban J connectivity index is 1.30. The van der Waals surface area contributed by atoms with Gasteiger partial charge in [-0.15, -0.1) is 0 Å². The van der Waals surface area contributed by atoms with Crippen molar-refractivity contribution in [1.82, 2.24) is 24.5 Å². The van der Waals surface area contributed by atoms with Gasteiger partial charge in [-0.3, -0.25) is 4.79 Å². The van der Waals surface area contributed by atoms with Crippen LogP contribution in [0.5, 0.6) is 0 Å². The zero-order valence-electron chi connectivity index (χ0n) is 14.1. The normalized spacial score (nSPS) is 11.2. The molecule has 4 aromatic rings. The minimum Gasteiger partial charge on any atom is -0.465 e. The number of hydrogen-bond acceptors (Lipinski definition) is 6. The number of ether oxygens (including phenoxy) is 1. The summed E-state index contributed by atoms with van der Waals surface area (Å²) in [6.07, 6.45) is 5.85. The Labute approximate surface area is 149 Å². The highest BCUT2D eigenvalue weighted by molar-refractivity contribution is 5.87. The number of carbonyl (C=O) groups is 1. The summed E-state index contributed by atoms with van der Waals surface area (Å²) in [6.45, 7) is 0.967. The zero-order chi connectivity index (χ0) is 17.9. The van der Waals surface area contributed by atoms with Crippen molar-refractivity contribution in [2.24, 2.45) is 0 Å². The van der Waals surface area contributed by atoms with E-state index in [4.69, 9.17) is 10.5 Å². The van der Waals surface area contributed by atoms with Gasteiger partial charge in [-0.05, 0) is 18.1 Å². The molecular formula is C18H18N6O2. The smallest absolute Gasteiger partial charge is 0.310 e. The van der Waals surface area contributed by atoms with Gasteiger partial charge in [0.05, 0.1) is 19.4 Å². The van der Waals surface area contributed by atoms with Crippen LogP contribution < -0.4 is 5.73 Å². The van der Waals surface area contributed by atoms with Crippen molar-refractivity contribution < 1.29 is 9.53 Å². The predicted octanol–water partition coefficient (Wildman–Crippen LogP) is 2.07. The molecule has 3 heterocycles. The molecular weight excluding hydrogens is 332 g/mol. The Morgan fingerprint density at radius 1 is 1.23 bits per heavy atom. The fourth-order valence-electron chi connectivity index (χ4n) is 2.97. The third kappa shape index (κ3) is 3.08. The number of imidazole rings is 1. The first-order valence-electron chi connectivity index (χ1n) is 8.34. The molecule has 0 amide bonds. The van der Waals surface area contributed by atoms with Gasteiger partial charge in [0.2, 0.25) is 0 Å². The summed E-state index contributed by atoms with van der Waals surface area (Å²) in [5, 5.41) is 1.05. The number of anilines is 1. The summed E-state index contributed by atoms with van der Waals surface area (Å²) in [4.78, 5) is 27.6. The summed E-state index contributed by atoms with van der Waals surface area (Å²) >= 11 is 0. The van der Waals surface area contributed by atoms with Gasteiger partial charge in [0.25, 0.3) is 0 Å². The summed E-state index contributed by atoms with van der Waals surface area (Å²) < 4.78 is 7.23. The van der Waals surface area contributed by atoms with Crippen LogP contribution in [0.25, 0.3) is 22.1 Å². The molecule has 26 heavy (non-hydrogen) atoms. The fraction of sp³-hybridized carbons (Fsp3) is 0.222. The van der Waals surface area contributed by atoms with Gasteiger partial charge in [0.15, 0.2) is 11.5 Å². The van der Waals surface area contributed by atoms with Gasteiger partial charge >= 0.3 is 5.97 Å². The van der Waals surface area contributed by atoms with Gasteiger partial charge < -0.3 is 20.0 Å². The number of H-pyrrole nitrogens is 1. The highest BCUT2D eigenvalue weighted by Crippen LogP contribution is 2.18. The van der Waals surface area contributed by atoms with E-state index in [2.05, 4.69) is 19.9 Å². The average molecular weight is 350 g/mol. The van der Waals surface area contributed by atoms with E-state index in [0.717, 1.165) is 16.5 Å². The van der Waals surface area contributed by atoms with E-state index < -0.39 is 0 Å². The lowest BCUT2D eigenvalue weighted by Crippen LogP contribution is -2.10. The standard InChI is InChI=1S/C18H18N6O2/c19-17-16-18(22-10-21-17)24(11-23-16)6-3-7-26-15(25)8-12-9-20-14-5-2-1-4-13(12)14/h1-2,4-5,9-11,20H,3,6-8H2,(H2,19,21,22). The lowest BCUT2D eigenvalue weighted by atomic mass is 10.1. The number of nitrogens with two attached hydrogens (primary N) is 1. The summed E-state index contributed by atoms with van der Waals surface area (Å²) in [7, 11) is 0. The largest absolute Gasteiger partial charge is 0.465 e. The molecule has 0 fully saturated rings. The monoisotopic (exact) mass is 350 g/mol. The SMILES string of the molecule is Nc1ncnc2c1ncn2CCCOC(=O)Cc1c[nH]c2ccccc12. The quantitative estimate of drug-likeness (QED) is 0.407. The zero-order valence-corrected chi connectivity index (χ0v) is 14.1. The van der Waals surface area contributed by atoms with Gasteiger partial charge in [-0.25, -0.2) is 15.0 Å². The van der Waals surface area contributed by atoms with Crippen LogP contribution in [0.4, 0.5) is 5.82 Å². The first-order valence-corrected chi connectivity index (χ1v) is 8.34. The third-order valence-electron chi connectivity index (χ3n) is 4.25. The molecule has 0 spiro atoms. The lowest BCUT2D eigenvalue weighted by molar-refractivity contribution is -0.142. The Morgan fingerprint density at radius 2 is 2.12 bits per heavy atom. The number of benzene rings is 1. The van der Waals surface area contributed by atoms with E-state index in [1.54, 1.807) is 6.33 Å². The van der Waals surface area contributed by atoms with E-state index in [0.29, 0.717) is 36.6 Å². The second kappa shape index (κ2) is 6.83. The van der Waals surface area contributed by atoms with Crippen molar-refractivity contribution in [3.05, 3.63) is 48.7 Å². The molecule has 8 nitrogen and oxygen atoms in total. The van der Waals surface area contributed by atoms with E-state index in [1.807, 2.05) is 35.0 Å². The molecule has 0 aliphatic rings. The highest BCUT2D eigenvalue weighted by atomic mass is 16.5. The first-order chi connectivity index (χ1) is 12.7. The number of para-hydroxylation sites is 1. The number of hydrogen-bond donors (Lipinski definition) is 2. The number of nitrogen functional groups attached to an aromatic ring is 1. The van der Waals surface area contributed by atoms with Crippen LogP contribution in [0.1, 0.15) is 12.0 Å². The lowest BCUT2D eigenvalue weighted by Gasteiger charge is -2.06. The number of rotatable bonds is 6. The summed E-state index contributed by atoms with van der Waals surface area (Å²) in [5.41, 5.74) is 9.00. The number of esters is 1. The van der Waals surface area contributed by atoms with Crippen LogP contribution in [-0.2, 0) is 22.5 Å². The molecule has 0 aliphatic carbocycles. The highest BCUT2D eigenvalue weighted by Gasteiger charge is 2.10. The van der Waals surface area contributed by atoms with Crippen molar-refractivity contribution >= 4 is 33.9 Å². The van der Waals surface area contributed by atoms with Crippen LogP contribution in [0.15, 0.2) is 43.1 Å². The fourth-order valence-corrected chi connectivity index (χ4v) is 2.97. The van der Waals surface area contributed by atoms with Crippen LogP contribution >= 0.6 is 0 Å². The summed E-state index contributed by atoms with van der Waals surface area (Å²) in [5.74, 6) is 0.121. The number of aromatic amines is 1. The van der Waals surface area contributed by atoms with Crippen LogP contribution in [0, 0.1) is 0 Å². The van der Waals surface area contributed by atoms with E-state index in [9.17, 15) is 4.79 Å². The van der Waals surface area contributed by atoms with Crippen molar-refractivity contribution in [3.63, 3.8) is 0 Å². The van der Waals surface area contributed by atoms with Gasteiger partial charge in [0, 0.05) is 23.6 Å². The number of aromatic nitrogens is 5. The minimum atomic E-state index is -0.239. The average Bonchev–Trinajstić information content (AvgIpc) is 3.24. The molecule has 0 bridgehead atoms. The first kappa shape index (κ1) is 16.1. The number of nitrogens with one attached hydrogen (secondary N) is 1. The van der Waals surface area contributed by atoms with Gasteiger partial charge in [-0.2, -0.15) is 0 Å². The van der Waals surface area contributed by atoms with Crippen LogP contribution in [0.3, 0.4) is 0 Å². The van der Waals surface area contributed by atoms with Gasteiger partial charge in [-0.1, -0.05) is 18.2 Å². The molecule has 132 valence electrons. The Kier molecular flexibility index (Phi) is 4.22.